The number of aliphatic hydroxyl groups excluding tert-OH is 2. The molecule has 1 aromatic heterocycles. The maximum atomic E-state index is 11.2. The summed E-state index contributed by atoms with van der Waals surface area (Å²) in [6, 6.07) is 1.62. The number of thiophene rings is 1. The van der Waals surface area contributed by atoms with Gasteiger partial charge < -0.3 is 20.4 Å². The molecular weight excluding hydrogens is 256 g/mol. The van der Waals surface area contributed by atoms with Crippen LogP contribution in [0.2, 0.25) is 0 Å². The van der Waals surface area contributed by atoms with E-state index in [0.29, 0.717) is 4.88 Å². The van der Waals surface area contributed by atoms with Crippen molar-refractivity contribution >= 4 is 17.3 Å². The minimum absolute atomic E-state index is 0.169. The van der Waals surface area contributed by atoms with Crippen LogP contribution in [0.5, 0.6) is 0 Å². The van der Waals surface area contributed by atoms with Crippen molar-refractivity contribution < 1.29 is 25.2 Å². The highest BCUT2D eigenvalue weighted by Gasteiger charge is 2.49. The fourth-order valence-electron chi connectivity index (χ4n) is 2.15. The molecule has 100 valence electrons. The third kappa shape index (κ3) is 1.85. The molecule has 5 nitrogen and oxygen atoms in total. The molecule has 2 rings (SSSR count). The average Bonchev–Trinajstić information content (AvgIpc) is 2.71. The molecule has 0 bridgehead atoms. The van der Waals surface area contributed by atoms with Gasteiger partial charge in [-0.2, -0.15) is 0 Å². The molecule has 1 aromatic rings. The summed E-state index contributed by atoms with van der Waals surface area (Å²) < 4.78 is 0. The summed E-state index contributed by atoms with van der Waals surface area (Å²) in [6.45, 7) is 3.89. The van der Waals surface area contributed by atoms with E-state index < -0.39 is 30.2 Å². The number of aliphatic carboxylic acids is 1. The Balaban J connectivity index is 2.60. The lowest BCUT2D eigenvalue weighted by Gasteiger charge is -2.34. The van der Waals surface area contributed by atoms with Gasteiger partial charge in [0, 0.05) is 21.7 Å². The lowest BCUT2D eigenvalue weighted by molar-refractivity contribution is -0.168. The molecule has 0 radical (unpaired) electrons. The first-order valence-electron chi connectivity index (χ1n) is 5.73. The van der Waals surface area contributed by atoms with E-state index in [1.165, 1.54) is 11.3 Å². The van der Waals surface area contributed by atoms with Crippen molar-refractivity contribution in [2.45, 2.75) is 44.0 Å². The van der Waals surface area contributed by atoms with Crippen LogP contribution in [0.1, 0.15) is 47.6 Å². The van der Waals surface area contributed by atoms with Gasteiger partial charge in [-0.3, -0.25) is 0 Å². The smallest absolute Gasteiger partial charge is 0.340 e. The summed E-state index contributed by atoms with van der Waals surface area (Å²) in [6.07, 6.45) is -2.79. The SMILES string of the molecule is CC(C)c1cc2c(s1)[C@@H](O)[C@H](O)C[C@@]2(O)C(=O)O. The van der Waals surface area contributed by atoms with Crippen LogP contribution < -0.4 is 0 Å². The zero-order valence-electron chi connectivity index (χ0n) is 10.1. The first-order valence-corrected chi connectivity index (χ1v) is 6.55. The Kier molecular flexibility index (Phi) is 3.23. The number of aliphatic hydroxyl groups is 3. The van der Waals surface area contributed by atoms with Gasteiger partial charge in [0.25, 0.3) is 0 Å². The van der Waals surface area contributed by atoms with Gasteiger partial charge >= 0.3 is 5.97 Å². The largest absolute Gasteiger partial charge is 0.479 e. The number of carboxylic acid groups (broad SMARTS) is 1. The van der Waals surface area contributed by atoms with Gasteiger partial charge in [-0.05, 0) is 12.0 Å². The molecule has 0 spiro atoms. The van der Waals surface area contributed by atoms with Crippen LogP contribution in [0.4, 0.5) is 0 Å². The van der Waals surface area contributed by atoms with E-state index in [-0.39, 0.29) is 11.5 Å². The zero-order chi connectivity index (χ0) is 13.7. The second-order valence-corrected chi connectivity index (χ2v) is 6.08. The zero-order valence-corrected chi connectivity index (χ0v) is 10.9. The molecule has 1 aliphatic carbocycles. The standard InChI is InChI=1S/C12H16O5S/c1-5(2)8-3-6-10(18-8)9(14)7(13)4-12(6,17)11(15)16/h3,5,7,9,13-14,17H,4H2,1-2H3,(H,15,16)/t7-,9+,12+/m1/s1. The Bertz CT molecular complexity index is 481. The van der Waals surface area contributed by atoms with E-state index >= 15 is 0 Å². The van der Waals surface area contributed by atoms with Crippen molar-refractivity contribution in [3.05, 3.63) is 21.4 Å². The van der Waals surface area contributed by atoms with E-state index in [2.05, 4.69) is 0 Å². The molecule has 0 fully saturated rings. The second kappa shape index (κ2) is 4.31. The Labute approximate surface area is 108 Å². The Morgan fingerprint density at radius 3 is 2.61 bits per heavy atom. The highest BCUT2D eigenvalue weighted by atomic mass is 32.1. The fourth-order valence-corrected chi connectivity index (χ4v) is 3.44. The molecule has 0 unspecified atom stereocenters. The number of fused-ring (bicyclic) bond motifs is 1. The van der Waals surface area contributed by atoms with Crippen LogP contribution in [-0.2, 0) is 10.4 Å². The second-order valence-electron chi connectivity index (χ2n) is 4.96. The first kappa shape index (κ1) is 13.5. The maximum Gasteiger partial charge on any atom is 0.340 e. The van der Waals surface area contributed by atoms with Crippen LogP contribution in [0, 0.1) is 0 Å². The van der Waals surface area contributed by atoms with Crippen LogP contribution in [0.3, 0.4) is 0 Å². The van der Waals surface area contributed by atoms with E-state index in [1.807, 2.05) is 13.8 Å². The molecule has 3 atom stereocenters. The van der Waals surface area contributed by atoms with Gasteiger partial charge in [0.1, 0.15) is 6.10 Å². The van der Waals surface area contributed by atoms with E-state index in [4.69, 9.17) is 5.11 Å². The van der Waals surface area contributed by atoms with Crippen molar-refractivity contribution in [1.82, 2.24) is 0 Å². The highest BCUT2D eigenvalue weighted by Crippen LogP contribution is 2.46. The van der Waals surface area contributed by atoms with Gasteiger partial charge in [0.2, 0.25) is 0 Å². The number of rotatable bonds is 2. The van der Waals surface area contributed by atoms with E-state index in [1.54, 1.807) is 6.07 Å². The maximum absolute atomic E-state index is 11.2. The highest BCUT2D eigenvalue weighted by molar-refractivity contribution is 7.12. The number of carbonyl (C=O) groups is 1. The molecule has 0 saturated carbocycles. The Morgan fingerprint density at radius 1 is 1.50 bits per heavy atom. The minimum Gasteiger partial charge on any atom is -0.479 e. The molecule has 6 heteroatoms. The summed E-state index contributed by atoms with van der Waals surface area (Å²) in [7, 11) is 0. The molecule has 18 heavy (non-hydrogen) atoms. The van der Waals surface area contributed by atoms with Crippen LogP contribution in [0.25, 0.3) is 0 Å². The summed E-state index contributed by atoms with van der Waals surface area (Å²) >= 11 is 1.24. The predicted octanol–water partition coefficient (Wildman–Crippen LogP) is 0.942. The van der Waals surface area contributed by atoms with Crippen molar-refractivity contribution in [2.75, 3.05) is 0 Å². The van der Waals surface area contributed by atoms with Gasteiger partial charge in [-0.15, -0.1) is 11.3 Å². The molecule has 1 aliphatic rings. The fraction of sp³-hybridized carbons (Fsp3) is 0.583. The summed E-state index contributed by atoms with van der Waals surface area (Å²) in [5.74, 6) is -1.23. The van der Waals surface area contributed by atoms with Gasteiger partial charge in [-0.1, -0.05) is 13.8 Å². The van der Waals surface area contributed by atoms with Crippen LogP contribution >= 0.6 is 11.3 Å². The Hall–Kier alpha value is -0.950. The monoisotopic (exact) mass is 272 g/mol. The average molecular weight is 272 g/mol. The van der Waals surface area contributed by atoms with Crippen molar-refractivity contribution in [3.63, 3.8) is 0 Å². The molecule has 1 heterocycles. The van der Waals surface area contributed by atoms with Crippen molar-refractivity contribution in [2.24, 2.45) is 0 Å². The summed E-state index contributed by atoms with van der Waals surface area (Å²) in [5, 5.41) is 39.0. The Morgan fingerprint density at radius 2 is 2.11 bits per heavy atom. The molecular formula is C12H16O5S. The first-order chi connectivity index (χ1) is 8.27. The summed E-state index contributed by atoms with van der Waals surface area (Å²) in [5.41, 5.74) is -1.90. The number of hydrogen-bond donors (Lipinski definition) is 4. The van der Waals surface area contributed by atoms with Crippen molar-refractivity contribution in [1.29, 1.82) is 0 Å². The molecule has 0 aromatic carbocycles. The van der Waals surface area contributed by atoms with E-state index in [9.17, 15) is 20.1 Å². The predicted molar refractivity (Wildman–Crippen MR) is 65.5 cm³/mol. The number of carboxylic acids is 1. The van der Waals surface area contributed by atoms with E-state index in [0.717, 1.165) is 4.88 Å². The summed E-state index contributed by atoms with van der Waals surface area (Å²) in [4.78, 5) is 12.5. The van der Waals surface area contributed by atoms with Gasteiger partial charge in [0.05, 0.1) is 6.10 Å². The lowest BCUT2D eigenvalue weighted by atomic mass is 9.80. The third-order valence-electron chi connectivity index (χ3n) is 3.29. The molecule has 0 amide bonds. The van der Waals surface area contributed by atoms with Crippen LogP contribution in [-0.4, -0.2) is 32.5 Å². The lowest BCUT2D eigenvalue weighted by Crippen LogP contribution is -2.44. The minimum atomic E-state index is -2.11. The third-order valence-corrected chi connectivity index (χ3v) is 4.79. The molecule has 4 N–H and O–H groups in total. The van der Waals surface area contributed by atoms with Crippen LogP contribution in [0.15, 0.2) is 6.07 Å². The molecule has 0 saturated heterocycles. The quantitative estimate of drug-likeness (QED) is 0.642. The molecule has 0 aliphatic heterocycles. The van der Waals surface area contributed by atoms with Gasteiger partial charge in [0.15, 0.2) is 5.60 Å². The topological polar surface area (TPSA) is 98.0 Å². The number of hydrogen-bond acceptors (Lipinski definition) is 5. The van der Waals surface area contributed by atoms with Gasteiger partial charge in [-0.25, -0.2) is 4.79 Å². The van der Waals surface area contributed by atoms with Crippen molar-refractivity contribution in [3.8, 4) is 0 Å². The normalized spacial score (nSPS) is 31.4.